The maximum Gasteiger partial charge on any atom is 0.293 e. The molecule has 42 heavy (non-hydrogen) atoms. The average molecular weight is 577 g/mol. The molecule has 2 saturated heterocycles. The predicted octanol–water partition coefficient (Wildman–Crippen LogP) is 1.40. The quantitative estimate of drug-likeness (QED) is 0.174. The number of para-hydroxylation sites is 2. The number of amides is 1. The Hall–Kier alpha value is -5.09. The molecule has 2 aliphatic rings. The highest BCUT2D eigenvalue weighted by Crippen LogP contribution is 2.36. The molecule has 3 N–H and O–H groups in total. The zero-order valence-electron chi connectivity index (χ0n) is 22.5. The molecule has 16 nitrogen and oxygen atoms in total. The molecule has 4 heterocycles. The second-order valence-electron chi connectivity index (χ2n) is 9.66. The van der Waals surface area contributed by atoms with Gasteiger partial charge < -0.3 is 29.6 Å². The molecule has 0 unspecified atom stereocenters. The molecule has 6 rings (SSSR count). The second-order valence-corrected chi connectivity index (χ2v) is 9.66. The van der Waals surface area contributed by atoms with Crippen LogP contribution in [-0.2, 0) is 20.8 Å². The topological polar surface area (TPSA) is 192 Å². The third-order valence-corrected chi connectivity index (χ3v) is 7.10. The summed E-state index contributed by atoms with van der Waals surface area (Å²) < 4.78 is 17.3. The van der Waals surface area contributed by atoms with Crippen molar-refractivity contribution < 1.29 is 23.8 Å². The molecule has 2 aromatic heterocycles. The van der Waals surface area contributed by atoms with E-state index in [4.69, 9.17) is 19.8 Å². The summed E-state index contributed by atoms with van der Waals surface area (Å²) in [5.74, 6) is -0.0983. The molecule has 2 aromatic carbocycles. The van der Waals surface area contributed by atoms with Crippen LogP contribution in [0, 0.1) is 10.1 Å². The molecule has 0 spiro atoms. The lowest BCUT2D eigenvalue weighted by molar-refractivity contribution is -0.384. The van der Waals surface area contributed by atoms with Gasteiger partial charge in [-0.15, -0.1) is 0 Å². The summed E-state index contributed by atoms with van der Waals surface area (Å²) in [4.78, 5) is 33.3. The fraction of sp³-hybridized carbons (Fsp3) is 0.346. The minimum absolute atomic E-state index is 0.0442. The number of hydrogen-bond donors (Lipinski definition) is 2. The number of nitrogens with two attached hydrogens (primary N) is 1. The molecule has 0 radical (unpaired) electrons. The maximum absolute atomic E-state index is 13.1. The summed E-state index contributed by atoms with van der Waals surface area (Å²) in [6, 6.07) is 10.6. The molecule has 0 atom stereocenters. The Morgan fingerprint density at radius 3 is 2.40 bits per heavy atom. The number of nitrogens with one attached hydrogen (secondary N) is 1. The number of hydrazone groups is 1. The number of nitrogen functional groups attached to an aromatic ring is 1. The van der Waals surface area contributed by atoms with Crippen molar-refractivity contribution in [2.45, 2.75) is 6.54 Å². The summed E-state index contributed by atoms with van der Waals surface area (Å²) in [7, 11) is 0. The van der Waals surface area contributed by atoms with E-state index in [1.807, 2.05) is 29.2 Å². The van der Waals surface area contributed by atoms with Crippen LogP contribution in [0.5, 0.6) is 0 Å². The summed E-state index contributed by atoms with van der Waals surface area (Å²) >= 11 is 0. The van der Waals surface area contributed by atoms with Gasteiger partial charge in [0.2, 0.25) is 0 Å². The number of aromatic nitrogens is 4. The largest absolute Gasteiger partial charge is 0.379 e. The van der Waals surface area contributed by atoms with Gasteiger partial charge in [0, 0.05) is 43.5 Å². The van der Waals surface area contributed by atoms with Crippen molar-refractivity contribution in [3.8, 4) is 11.5 Å². The number of imidazole rings is 1. The van der Waals surface area contributed by atoms with E-state index >= 15 is 0 Å². The van der Waals surface area contributed by atoms with Crippen molar-refractivity contribution in [2.75, 3.05) is 68.1 Å². The zero-order chi connectivity index (χ0) is 29.1. The summed E-state index contributed by atoms with van der Waals surface area (Å²) in [5.41, 5.74) is 11.7. The number of ether oxygens (including phenoxy) is 2. The van der Waals surface area contributed by atoms with Crippen LogP contribution in [0.25, 0.3) is 22.6 Å². The average Bonchev–Trinajstić information content (AvgIpc) is 3.60. The van der Waals surface area contributed by atoms with Crippen molar-refractivity contribution in [3.63, 3.8) is 0 Å². The number of hydrogen-bond acceptors (Lipinski definition) is 13. The summed E-state index contributed by atoms with van der Waals surface area (Å²) in [6.45, 7) is 4.22. The molecule has 16 heteroatoms. The standard InChI is InChI=1S/C26H28N10O6/c27-25-24(31-42-32-25)26-29-18-3-1-2-4-19(18)35(26)16-23(37)30-28-15-17-13-22(36(38)39)21(34-7-11-41-12-8-34)14-20(17)33-5-9-40-10-6-33/h1-4,13-15H,5-12,16H2,(H2,27,32)(H,30,37). The Bertz CT molecular complexity index is 1640. The van der Waals surface area contributed by atoms with Gasteiger partial charge in [0.25, 0.3) is 11.6 Å². The Labute approximate surface area is 238 Å². The van der Waals surface area contributed by atoms with Gasteiger partial charge in [-0.3, -0.25) is 14.9 Å². The van der Waals surface area contributed by atoms with Crippen molar-refractivity contribution in [1.29, 1.82) is 0 Å². The van der Waals surface area contributed by atoms with Gasteiger partial charge in [-0.2, -0.15) is 5.10 Å². The first-order chi connectivity index (χ1) is 20.5. The van der Waals surface area contributed by atoms with E-state index < -0.39 is 10.8 Å². The van der Waals surface area contributed by atoms with E-state index in [2.05, 4.69) is 30.7 Å². The summed E-state index contributed by atoms with van der Waals surface area (Å²) in [5, 5.41) is 23.7. The fourth-order valence-corrected chi connectivity index (χ4v) is 5.09. The zero-order valence-corrected chi connectivity index (χ0v) is 22.5. The Morgan fingerprint density at radius 1 is 1.05 bits per heavy atom. The highest BCUT2D eigenvalue weighted by molar-refractivity contribution is 5.93. The van der Waals surface area contributed by atoms with Gasteiger partial charge in [0.15, 0.2) is 17.3 Å². The van der Waals surface area contributed by atoms with Gasteiger partial charge in [0.05, 0.1) is 48.6 Å². The highest BCUT2D eigenvalue weighted by atomic mass is 16.6. The molecule has 2 aliphatic heterocycles. The van der Waals surface area contributed by atoms with Gasteiger partial charge >= 0.3 is 0 Å². The molecule has 2 fully saturated rings. The van der Waals surface area contributed by atoms with Crippen LogP contribution in [0.3, 0.4) is 0 Å². The number of rotatable bonds is 8. The van der Waals surface area contributed by atoms with Crippen LogP contribution >= 0.6 is 0 Å². The lowest BCUT2D eigenvalue weighted by Crippen LogP contribution is -2.38. The van der Waals surface area contributed by atoms with Crippen LogP contribution < -0.4 is 21.0 Å². The number of carbonyl (C=O) groups is 1. The second kappa shape index (κ2) is 11.8. The number of benzene rings is 2. The molecule has 218 valence electrons. The van der Waals surface area contributed by atoms with Crippen molar-refractivity contribution in [1.82, 2.24) is 25.3 Å². The van der Waals surface area contributed by atoms with Gasteiger partial charge in [-0.05, 0) is 28.5 Å². The van der Waals surface area contributed by atoms with Crippen molar-refractivity contribution in [3.05, 3.63) is 52.1 Å². The van der Waals surface area contributed by atoms with Crippen molar-refractivity contribution >= 4 is 46.0 Å². The predicted molar refractivity (Wildman–Crippen MR) is 152 cm³/mol. The van der Waals surface area contributed by atoms with Gasteiger partial charge in [-0.25, -0.2) is 15.0 Å². The van der Waals surface area contributed by atoms with E-state index in [0.29, 0.717) is 80.7 Å². The smallest absolute Gasteiger partial charge is 0.293 e. The van der Waals surface area contributed by atoms with E-state index in [-0.39, 0.29) is 23.7 Å². The molecule has 0 aliphatic carbocycles. The lowest BCUT2D eigenvalue weighted by Gasteiger charge is -2.33. The summed E-state index contributed by atoms with van der Waals surface area (Å²) in [6.07, 6.45) is 1.42. The van der Waals surface area contributed by atoms with E-state index in [1.54, 1.807) is 10.6 Å². The number of nitro groups is 1. The number of nitrogens with zero attached hydrogens (tertiary/aromatic N) is 8. The van der Waals surface area contributed by atoms with Crippen LogP contribution in [-0.4, -0.2) is 89.5 Å². The first-order valence-electron chi connectivity index (χ1n) is 13.3. The highest BCUT2D eigenvalue weighted by Gasteiger charge is 2.26. The van der Waals surface area contributed by atoms with E-state index in [9.17, 15) is 14.9 Å². The fourth-order valence-electron chi connectivity index (χ4n) is 5.09. The molecule has 0 saturated carbocycles. The SMILES string of the molecule is Nc1nonc1-c1nc2ccccc2n1CC(=O)NN=Cc1cc([N+](=O)[O-])c(N2CCOCC2)cc1N1CCOCC1. The molecular formula is C26H28N10O6. The number of fused-ring (bicyclic) bond motifs is 1. The number of anilines is 3. The molecule has 0 bridgehead atoms. The van der Waals surface area contributed by atoms with Crippen LogP contribution in [0.2, 0.25) is 0 Å². The van der Waals surface area contributed by atoms with Crippen LogP contribution in [0.15, 0.2) is 46.1 Å². The maximum atomic E-state index is 13.1. The van der Waals surface area contributed by atoms with Gasteiger partial charge in [0.1, 0.15) is 12.2 Å². The Balaban J connectivity index is 1.28. The first kappa shape index (κ1) is 27.1. The number of nitro benzene ring substituents is 1. The lowest BCUT2D eigenvalue weighted by atomic mass is 10.1. The van der Waals surface area contributed by atoms with Crippen molar-refractivity contribution in [2.24, 2.45) is 5.10 Å². The molecule has 4 aromatic rings. The normalized spacial score (nSPS) is 15.9. The van der Waals surface area contributed by atoms with Crippen LogP contribution in [0.4, 0.5) is 22.9 Å². The third-order valence-electron chi connectivity index (χ3n) is 7.10. The Morgan fingerprint density at radius 2 is 1.74 bits per heavy atom. The molecular weight excluding hydrogens is 548 g/mol. The van der Waals surface area contributed by atoms with Gasteiger partial charge in [-0.1, -0.05) is 12.1 Å². The minimum atomic E-state index is -0.460. The van der Waals surface area contributed by atoms with E-state index in [1.165, 1.54) is 12.3 Å². The number of carbonyl (C=O) groups excluding carboxylic acids is 1. The van der Waals surface area contributed by atoms with Crippen LogP contribution in [0.1, 0.15) is 5.56 Å². The first-order valence-corrected chi connectivity index (χ1v) is 13.3. The molecule has 1 amide bonds. The minimum Gasteiger partial charge on any atom is -0.379 e. The monoisotopic (exact) mass is 576 g/mol. The van der Waals surface area contributed by atoms with E-state index in [0.717, 1.165) is 5.69 Å². The number of morpholine rings is 2. The third kappa shape index (κ3) is 5.44. The Kier molecular flexibility index (Phi) is 7.61.